The van der Waals surface area contributed by atoms with Crippen LogP contribution in [0.25, 0.3) is 11.2 Å². The summed E-state index contributed by atoms with van der Waals surface area (Å²) >= 11 is 5.81. The van der Waals surface area contributed by atoms with Crippen LogP contribution in [-0.4, -0.2) is 19.9 Å². The standard InChI is InChI=1S/C7H5ClN4/c1-4-11-6(8)5-7(12-4)10-3-2-9-5/h2-3H,1H3. The van der Waals surface area contributed by atoms with Crippen molar-refractivity contribution in [3.63, 3.8) is 0 Å². The molecule has 0 atom stereocenters. The van der Waals surface area contributed by atoms with E-state index in [2.05, 4.69) is 19.9 Å². The van der Waals surface area contributed by atoms with E-state index >= 15 is 0 Å². The number of halogens is 1. The predicted molar refractivity (Wildman–Crippen MR) is 44.9 cm³/mol. The molecule has 0 aliphatic carbocycles. The predicted octanol–water partition coefficient (Wildman–Crippen LogP) is 1.38. The normalized spacial score (nSPS) is 10.5. The Hall–Kier alpha value is -1.29. The molecule has 0 saturated carbocycles. The number of fused-ring (bicyclic) bond motifs is 1. The molecular formula is C7H5ClN4. The molecule has 0 amide bonds. The maximum atomic E-state index is 5.81. The quantitative estimate of drug-likeness (QED) is 0.575. The molecule has 0 spiro atoms. The fourth-order valence-electron chi connectivity index (χ4n) is 0.931. The van der Waals surface area contributed by atoms with Gasteiger partial charge in [-0.2, -0.15) is 0 Å². The van der Waals surface area contributed by atoms with Crippen LogP contribution in [0.1, 0.15) is 5.82 Å². The van der Waals surface area contributed by atoms with E-state index in [0.29, 0.717) is 22.1 Å². The molecule has 2 rings (SSSR count). The molecule has 60 valence electrons. The first kappa shape index (κ1) is 7.36. The average Bonchev–Trinajstić information content (AvgIpc) is 2.04. The third-order valence-corrected chi connectivity index (χ3v) is 1.67. The van der Waals surface area contributed by atoms with Crippen LogP contribution < -0.4 is 0 Å². The van der Waals surface area contributed by atoms with Gasteiger partial charge in [0.2, 0.25) is 0 Å². The first-order valence-corrected chi connectivity index (χ1v) is 3.76. The summed E-state index contributed by atoms with van der Waals surface area (Å²) in [5.74, 6) is 0.605. The average molecular weight is 181 g/mol. The van der Waals surface area contributed by atoms with E-state index in [0.717, 1.165) is 0 Å². The molecule has 0 aromatic carbocycles. The molecule has 2 aromatic heterocycles. The third-order valence-electron chi connectivity index (χ3n) is 1.40. The Morgan fingerprint density at radius 3 is 2.75 bits per heavy atom. The van der Waals surface area contributed by atoms with Gasteiger partial charge in [0.15, 0.2) is 10.8 Å². The third kappa shape index (κ3) is 1.10. The highest BCUT2D eigenvalue weighted by Gasteiger charge is 2.03. The highest BCUT2D eigenvalue weighted by Crippen LogP contribution is 2.14. The largest absolute Gasteiger partial charge is 0.248 e. The lowest BCUT2D eigenvalue weighted by Crippen LogP contribution is -1.93. The minimum absolute atomic E-state index is 0.352. The van der Waals surface area contributed by atoms with Crippen molar-refractivity contribution in [1.29, 1.82) is 0 Å². The maximum absolute atomic E-state index is 5.81. The van der Waals surface area contributed by atoms with Gasteiger partial charge < -0.3 is 0 Å². The zero-order valence-corrected chi connectivity index (χ0v) is 7.08. The number of nitrogens with zero attached hydrogens (tertiary/aromatic N) is 4. The molecule has 0 aliphatic rings. The van der Waals surface area contributed by atoms with Gasteiger partial charge in [-0.1, -0.05) is 11.6 Å². The Labute approximate surface area is 73.7 Å². The van der Waals surface area contributed by atoms with Crippen molar-refractivity contribution in [2.75, 3.05) is 0 Å². The van der Waals surface area contributed by atoms with Crippen molar-refractivity contribution in [2.45, 2.75) is 6.92 Å². The van der Waals surface area contributed by atoms with Gasteiger partial charge in [-0.25, -0.2) is 19.9 Å². The van der Waals surface area contributed by atoms with Crippen LogP contribution in [0.4, 0.5) is 0 Å². The van der Waals surface area contributed by atoms with Crippen LogP contribution >= 0.6 is 11.6 Å². The molecule has 12 heavy (non-hydrogen) atoms. The lowest BCUT2D eigenvalue weighted by molar-refractivity contribution is 1.06. The second kappa shape index (κ2) is 2.64. The number of hydrogen-bond acceptors (Lipinski definition) is 4. The lowest BCUT2D eigenvalue weighted by Gasteiger charge is -1.97. The first-order valence-electron chi connectivity index (χ1n) is 3.38. The fraction of sp³-hybridized carbons (Fsp3) is 0.143. The van der Waals surface area contributed by atoms with E-state index < -0.39 is 0 Å². The second-order valence-electron chi connectivity index (χ2n) is 2.29. The summed E-state index contributed by atoms with van der Waals surface area (Å²) in [5, 5.41) is 0.352. The summed E-state index contributed by atoms with van der Waals surface area (Å²) in [6.45, 7) is 1.76. The highest BCUT2D eigenvalue weighted by molar-refractivity contribution is 6.33. The molecule has 0 fully saturated rings. The van der Waals surface area contributed by atoms with Crippen molar-refractivity contribution < 1.29 is 0 Å². The summed E-state index contributed by atoms with van der Waals surface area (Å²) in [6.07, 6.45) is 3.14. The van der Waals surface area contributed by atoms with Crippen LogP contribution in [0, 0.1) is 6.92 Å². The Kier molecular flexibility index (Phi) is 1.62. The van der Waals surface area contributed by atoms with Gasteiger partial charge in [0.25, 0.3) is 0 Å². The van der Waals surface area contributed by atoms with Gasteiger partial charge >= 0.3 is 0 Å². The van der Waals surface area contributed by atoms with Crippen LogP contribution in [0.5, 0.6) is 0 Å². The molecule has 2 heterocycles. The van der Waals surface area contributed by atoms with Gasteiger partial charge in [0.05, 0.1) is 0 Å². The Balaban J connectivity index is 2.89. The van der Waals surface area contributed by atoms with Gasteiger partial charge in [0.1, 0.15) is 11.3 Å². The van der Waals surface area contributed by atoms with Gasteiger partial charge in [-0.05, 0) is 6.92 Å². The Morgan fingerprint density at radius 1 is 1.17 bits per heavy atom. The smallest absolute Gasteiger partial charge is 0.183 e. The summed E-state index contributed by atoms with van der Waals surface area (Å²) in [7, 11) is 0. The van der Waals surface area contributed by atoms with Crippen molar-refractivity contribution in [1.82, 2.24) is 19.9 Å². The molecule has 2 aromatic rings. The zero-order chi connectivity index (χ0) is 8.55. The molecule has 5 heteroatoms. The van der Waals surface area contributed by atoms with Crippen molar-refractivity contribution in [3.05, 3.63) is 23.4 Å². The van der Waals surface area contributed by atoms with E-state index in [1.165, 1.54) is 0 Å². The minimum Gasteiger partial charge on any atom is -0.248 e. The number of rotatable bonds is 0. The van der Waals surface area contributed by atoms with Gasteiger partial charge in [-0.3, -0.25) is 0 Å². The van der Waals surface area contributed by atoms with Crippen LogP contribution in [0.2, 0.25) is 5.15 Å². The van der Waals surface area contributed by atoms with Gasteiger partial charge in [-0.15, -0.1) is 0 Å². The topological polar surface area (TPSA) is 51.6 Å². The molecule has 0 saturated heterocycles. The molecule has 0 radical (unpaired) electrons. The fourth-order valence-corrected chi connectivity index (χ4v) is 1.19. The number of hydrogen-bond donors (Lipinski definition) is 0. The molecule has 0 bridgehead atoms. The van der Waals surface area contributed by atoms with Crippen molar-refractivity contribution >= 4 is 22.8 Å². The minimum atomic E-state index is 0.352. The lowest BCUT2D eigenvalue weighted by atomic mass is 10.5. The maximum Gasteiger partial charge on any atom is 0.183 e. The molecule has 4 nitrogen and oxygen atoms in total. The monoisotopic (exact) mass is 180 g/mol. The zero-order valence-electron chi connectivity index (χ0n) is 6.32. The van der Waals surface area contributed by atoms with E-state index in [4.69, 9.17) is 11.6 Å². The first-order chi connectivity index (χ1) is 5.77. The SMILES string of the molecule is Cc1nc(Cl)c2nccnc2n1. The molecule has 0 N–H and O–H groups in total. The summed E-state index contributed by atoms with van der Waals surface area (Å²) in [6, 6.07) is 0. The van der Waals surface area contributed by atoms with E-state index in [9.17, 15) is 0 Å². The van der Waals surface area contributed by atoms with Crippen molar-refractivity contribution in [2.24, 2.45) is 0 Å². The van der Waals surface area contributed by atoms with E-state index in [1.807, 2.05) is 0 Å². The van der Waals surface area contributed by atoms with Crippen molar-refractivity contribution in [3.8, 4) is 0 Å². The molecular weight excluding hydrogens is 176 g/mol. The number of aromatic nitrogens is 4. The Morgan fingerprint density at radius 2 is 1.92 bits per heavy atom. The summed E-state index contributed by atoms with van der Waals surface area (Å²) < 4.78 is 0. The van der Waals surface area contributed by atoms with Crippen LogP contribution in [-0.2, 0) is 0 Å². The van der Waals surface area contributed by atoms with E-state index in [1.54, 1.807) is 19.3 Å². The van der Waals surface area contributed by atoms with Crippen LogP contribution in [0.15, 0.2) is 12.4 Å². The van der Waals surface area contributed by atoms with Crippen LogP contribution in [0.3, 0.4) is 0 Å². The summed E-state index contributed by atoms with van der Waals surface area (Å²) in [4.78, 5) is 16.0. The van der Waals surface area contributed by atoms with Gasteiger partial charge in [0, 0.05) is 12.4 Å². The summed E-state index contributed by atoms with van der Waals surface area (Å²) in [5.41, 5.74) is 1.08. The molecule has 0 aliphatic heterocycles. The highest BCUT2D eigenvalue weighted by atomic mass is 35.5. The number of aryl methyl sites for hydroxylation is 1. The van der Waals surface area contributed by atoms with E-state index in [-0.39, 0.29) is 0 Å². The molecule has 0 unspecified atom stereocenters. The Bertz CT molecular complexity index is 429. The second-order valence-corrected chi connectivity index (χ2v) is 2.65.